The third-order valence-corrected chi connectivity index (χ3v) is 3.20. The first-order chi connectivity index (χ1) is 9.49. The van der Waals surface area contributed by atoms with Crippen molar-refractivity contribution in [3.63, 3.8) is 0 Å². The quantitative estimate of drug-likeness (QED) is 0.509. The van der Waals surface area contributed by atoms with E-state index in [1.807, 2.05) is 6.07 Å². The van der Waals surface area contributed by atoms with Crippen molar-refractivity contribution in [2.24, 2.45) is 0 Å². The molecule has 0 amide bonds. The first kappa shape index (κ1) is 14.2. The molecule has 0 heterocycles. The number of allylic oxidation sites excluding steroid dienone is 1. The molecular formula is C16H13ClO3. The third-order valence-electron chi connectivity index (χ3n) is 2.86. The van der Waals surface area contributed by atoms with Crippen molar-refractivity contribution in [1.29, 1.82) is 0 Å². The second-order valence-electron chi connectivity index (χ2n) is 4.38. The molecule has 102 valence electrons. The molecule has 0 radical (unpaired) electrons. The average molecular weight is 289 g/mol. The summed E-state index contributed by atoms with van der Waals surface area (Å²) >= 11 is 6.03. The topological polar surface area (TPSA) is 57.5 Å². The van der Waals surface area contributed by atoms with Crippen LogP contribution in [0, 0.1) is 0 Å². The fraction of sp³-hybridized carbons (Fsp3) is 0.0625. The minimum atomic E-state index is -0.363. The summed E-state index contributed by atoms with van der Waals surface area (Å²) in [5.41, 5.74) is 1.20. The van der Waals surface area contributed by atoms with Gasteiger partial charge in [-0.1, -0.05) is 29.8 Å². The summed E-state index contributed by atoms with van der Waals surface area (Å²) in [6.45, 7) is 1.63. The van der Waals surface area contributed by atoms with Crippen molar-refractivity contribution in [3.8, 4) is 11.5 Å². The number of halogens is 1. The zero-order chi connectivity index (χ0) is 14.7. The van der Waals surface area contributed by atoms with Gasteiger partial charge in [0.1, 0.15) is 11.5 Å². The van der Waals surface area contributed by atoms with Gasteiger partial charge in [0.25, 0.3) is 0 Å². The van der Waals surface area contributed by atoms with Gasteiger partial charge in [0.05, 0.1) is 5.56 Å². The summed E-state index contributed by atoms with van der Waals surface area (Å²) in [6, 6.07) is 11.0. The van der Waals surface area contributed by atoms with Crippen LogP contribution in [0.2, 0.25) is 5.02 Å². The van der Waals surface area contributed by atoms with E-state index in [-0.39, 0.29) is 22.8 Å². The summed E-state index contributed by atoms with van der Waals surface area (Å²) < 4.78 is 0. The van der Waals surface area contributed by atoms with Gasteiger partial charge in [-0.2, -0.15) is 0 Å². The van der Waals surface area contributed by atoms with Crippen molar-refractivity contribution in [2.45, 2.75) is 6.92 Å². The predicted molar refractivity (Wildman–Crippen MR) is 79.2 cm³/mol. The molecule has 0 fully saturated rings. The van der Waals surface area contributed by atoms with Crippen LogP contribution in [0.15, 0.2) is 48.0 Å². The average Bonchev–Trinajstić information content (AvgIpc) is 2.43. The van der Waals surface area contributed by atoms with Gasteiger partial charge in [0.2, 0.25) is 0 Å². The van der Waals surface area contributed by atoms with Crippen LogP contribution < -0.4 is 0 Å². The van der Waals surface area contributed by atoms with Crippen LogP contribution in [0.4, 0.5) is 0 Å². The number of hydrogen-bond donors (Lipinski definition) is 2. The first-order valence-corrected chi connectivity index (χ1v) is 6.36. The lowest BCUT2D eigenvalue weighted by molar-refractivity contribution is 0.103. The van der Waals surface area contributed by atoms with Crippen LogP contribution in [-0.4, -0.2) is 16.0 Å². The number of carbonyl (C=O) groups is 1. The highest BCUT2D eigenvalue weighted by Gasteiger charge is 2.14. The van der Waals surface area contributed by atoms with E-state index in [2.05, 4.69) is 0 Å². The fourth-order valence-corrected chi connectivity index (χ4v) is 2.00. The van der Waals surface area contributed by atoms with Gasteiger partial charge in [-0.15, -0.1) is 0 Å². The molecule has 0 spiro atoms. The molecule has 2 rings (SSSR count). The van der Waals surface area contributed by atoms with Gasteiger partial charge in [-0.25, -0.2) is 0 Å². The van der Waals surface area contributed by atoms with E-state index in [9.17, 15) is 15.0 Å². The summed E-state index contributed by atoms with van der Waals surface area (Å²) in [7, 11) is 0. The normalized spacial score (nSPS) is 11.4. The Labute approximate surface area is 121 Å². The van der Waals surface area contributed by atoms with Crippen LogP contribution in [0.1, 0.15) is 22.8 Å². The zero-order valence-electron chi connectivity index (χ0n) is 10.8. The molecule has 0 aromatic heterocycles. The van der Waals surface area contributed by atoms with Gasteiger partial charge in [0.15, 0.2) is 5.78 Å². The van der Waals surface area contributed by atoms with Crippen molar-refractivity contribution >= 4 is 23.5 Å². The number of Topliss-reactive ketones (excluding diaryl/α,β-unsaturated/α-hetero) is 1. The summed E-state index contributed by atoms with van der Waals surface area (Å²) in [5.74, 6) is -0.602. The molecule has 20 heavy (non-hydrogen) atoms. The minimum Gasteiger partial charge on any atom is -0.508 e. The second kappa shape index (κ2) is 5.80. The Balaban J connectivity index is 2.38. The van der Waals surface area contributed by atoms with E-state index >= 15 is 0 Å². The SMILES string of the molecule is C/C(=C\c1ccccc1Cl)C(=O)c1cc(O)ccc1O. The van der Waals surface area contributed by atoms with Gasteiger partial charge in [0, 0.05) is 5.02 Å². The lowest BCUT2D eigenvalue weighted by atomic mass is 10.0. The molecular weight excluding hydrogens is 276 g/mol. The number of benzene rings is 2. The zero-order valence-corrected chi connectivity index (χ0v) is 11.6. The molecule has 0 atom stereocenters. The Morgan fingerprint density at radius 2 is 1.85 bits per heavy atom. The first-order valence-electron chi connectivity index (χ1n) is 5.98. The van der Waals surface area contributed by atoms with Gasteiger partial charge in [-0.3, -0.25) is 4.79 Å². The lowest BCUT2D eigenvalue weighted by Crippen LogP contribution is -2.01. The highest BCUT2D eigenvalue weighted by Crippen LogP contribution is 2.26. The van der Waals surface area contributed by atoms with E-state index in [4.69, 9.17) is 11.6 Å². The molecule has 0 unspecified atom stereocenters. The fourth-order valence-electron chi connectivity index (χ4n) is 1.81. The van der Waals surface area contributed by atoms with Crippen molar-refractivity contribution in [2.75, 3.05) is 0 Å². The van der Waals surface area contributed by atoms with E-state index in [1.54, 1.807) is 31.2 Å². The maximum absolute atomic E-state index is 12.3. The highest BCUT2D eigenvalue weighted by molar-refractivity contribution is 6.32. The molecule has 4 heteroatoms. The van der Waals surface area contributed by atoms with Crippen LogP contribution in [0.3, 0.4) is 0 Å². The monoisotopic (exact) mass is 288 g/mol. The van der Waals surface area contributed by atoms with Gasteiger partial charge >= 0.3 is 0 Å². The van der Waals surface area contributed by atoms with Crippen LogP contribution in [0.5, 0.6) is 11.5 Å². The molecule has 2 aromatic carbocycles. The molecule has 2 aromatic rings. The number of phenolic OH excluding ortho intramolecular Hbond substituents is 2. The van der Waals surface area contributed by atoms with Crippen molar-refractivity contribution in [3.05, 3.63) is 64.2 Å². The van der Waals surface area contributed by atoms with Gasteiger partial charge in [-0.05, 0) is 48.4 Å². The molecule has 0 saturated heterocycles. The number of hydrogen-bond acceptors (Lipinski definition) is 3. The largest absolute Gasteiger partial charge is 0.508 e. The lowest BCUT2D eigenvalue weighted by Gasteiger charge is -2.05. The Bertz CT molecular complexity index is 690. The third kappa shape index (κ3) is 3.00. The number of rotatable bonds is 3. The molecule has 2 N–H and O–H groups in total. The highest BCUT2D eigenvalue weighted by atomic mass is 35.5. The summed E-state index contributed by atoms with van der Waals surface area (Å²) in [6.07, 6.45) is 1.65. The molecule has 3 nitrogen and oxygen atoms in total. The molecule has 0 aliphatic carbocycles. The second-order valence-corrected chi connectivity index (χ2v) is 4.79. The predicted octanol–water partition coefficient (Wildman–Crippen LogP) is 4.04. The number of ketones is 1. The minimum absolute atomic E-state index is 0.0609. The van der Waals surface area contributed by atoms with Crippen molar-refractivity contribution < 1.29 is 15.0 Å². The maximum atomic E-state index is 12.3. The summed E-state index contributed by atoms with van der Waals surface area (Å²) in [5, 5.41) is 19.6. The smallest absolute Gasteiger partial charge is 0.192 e. The number of phenols is 2. The Morgan fingerprint density at radius 3 is 2.55 bits per heavy atom. The molecule has 0 bridgehead atoms. The van der Waals surface area contributed by atoms with Crippen LogP contribution in [0.25, 0.3) is 6.08 Å². The Hall–Kier alpha value is -2.26. The molecule has 0 aliphatic heterocycles. The van der Waals surface area contributed by atoms with Crippen LogP contribution in [-0.2, 0) is 0 Å². The van der Waals surface area contributed by atoms with E-state index in [0.29, 0.717) is 10.6 Å². The maximum Gasteiger partial charge on any atom is 0.192 e. The van der Waals surface area contributed by atoms with E-state index in [1.165, 1.54) is 18.2 Å². The van der Waals surface area contributed by atoms with Crippen LogP contribution >= 0.6 is 11.6 Å². The molecule has 0 aliphatic rings. The Morgan fingerprint density at radius 1 is 1.15 bits per heavy atom. The van der Waals surface area contributed by atoms with Crippen molar-refractivity contribution in [1.82, 2.24) is 0 Å². The number of carbonyl (C=O) groups excluding carboxylic acids is 1. The number of aromatic hydroxyl groups is 2. The molecule has 0 saturated carbocycles. The standard InChI is InChI=1S/C16H13ClO3/c1-10(8-11-4-2-3-5-14(11)17)16(20)13-9-12(18)6-7-15(13)19/h2-9,18-19H,1H3/b10-8+. The van der Waals surface area contributed by atoms with E-state index in [0.717, 1.165) is 5.56 Å². The van der Waals surface area contributed by atoms with E-state index < -0.39 is 0 Å². The Kier molecular flexibility index (Phi) is 4.11. The van der Waals surface area contributed by atoms with Gasteiger partial charge < -0.3 is 10.2 Å². The summed E-state index contributed by atoms with van der Waals surface area (Å²) in [4.78, 5) is 12.3.